The van der Waals surface area contributed by atoms with Crippen LogP contribution in [0.3, 0.4) is 0 Å². The fourth-order valence-electron chi connectivity index (χ4n) is 2.26. The van der Waals surface area contributed by atoms with E-state index in [1.165, 1.54) is 11.8 Å². The van der Waals surface area contributed by atoms with Crippen LogP contribution in [-0.4, -0.2) is 47.3 Å². The molecule has 0 bridgehead atoms. The molecule has 1 heterocycles. The van der Waals surface area contributed by atoms with E-state index in [2.05, 4.69) is 10.6 Å². The highest BCUT2D eigenvalue weighted by molar-refractivity contribution is 8.13. The van der Waals surface area contributed by atoms with E-state index in [-0.39, 0.29) is 23.5 Å². The molecule has 0 unspecified atom stereocenters. The number of rotatable bonds is 7. The topological polar surface area (TPSA) is 78.5 Å². The maximum Gasteiger partial charge on any atom is 0.281 e. The molecular weight excluding hydrogens is 326 g/mol. The largest absolute Gasteiger partial charge is 0.352 e. The van der Waals surface area contributed by atoms with Gasteiger partial charge in [0.05, 0.1) is 11.3 Å². The van der Waals surface area contributed by atoms with E-state index in [1.54, 1.807) is 29.2 Å². The van der Waals surface area contributed by atoms with E-state index in [0.717, 1.165) is 5.75 Å². The van der Waals surface area contributed by atoms with E-state index < -0.39 is 0 Å². The lowest BCUT2D eigenvalue weighted by Crippen LogP contribution is -2.30. The van der Waals surface area contributed by atoms with Crippen molar-refractivity contribution in [2.75, 3.05) is 30.7 Å². The number of carbonyl (C=O) groups is 3. The number of anilines is 1. The van der Waals surface area contributed by atoms with Gasteiger partial charge in [-0.1, -0.05) is 37.7 Å². The summed E-state index contributed by atoms with van der Waals surface area (Å²) in [6, 6.07) is 6.93. The molecule has 0 spiro atoms. The van der Waals surface area contributed by atoms with Gasteiger partial charge in [0.2, 0.25) is 5.91 Å². The Morgan fingerprint density at radius 1 is 1.29 bits per heavy atom. The van der Waals surface area contributed by atoms with Gasteiger partial charge in [-0.05, 0) is 18.1 Å². The number of nitrogens with zero attached hydrogens (tertiary/aromatic N) is 1. The van der Waals surface area contributed by atoms with Crippen molar-refractivity contribution in [2.45, 2.75) is 20.3 Å². The van der Waals surface area contributed by atoms with Gasteiger partial charge in [0.1, 0.15) is 0 Å². The summed E-state index contributed by atoms with van der Waals surface area (Å²) in [7, 11) is 0. The third-order valence-corrected chi connectivity index (χ3v) is 4.46. The first kappa shape index (κ1) is 18.3. The molecule has 7 heteroatoms. The molecule has 2 N–H and O–H groups in total. The summed E-state index contributed by atoms with van der Waals surface area (Å²) >= 11 is 1.28. The summed E-state index contributed by atoms with van der Waals surface area (Å²) < 4.78 is 0. The van der Waals surface area contributed by atoms with Crippen LogP contribution < -0.4 is 10.6 Å². The van der Waals surface area contributed by atoms with Crippen molar-refractivity contribution < 1.29 is 14.4 Å². The summed E-state index contributed by atoms with van der Waals surface area (Å²) in [4.78, 5) is 37.6. The molecule has 130 valence electrons. The number of hydrogen-bond acceptors (Lipinski definition) is 4. The van der Waals surface area contributed by atoms with Crippen molar-refractivity contribution in [3.8, 4) is 0 Å². The Bertz CT molecular complexity index is 619. The molecule has 1 aromatic carbocycles. The summed E-state index contributed by atoms with van der Waals surface area (Å²) in [6.07, 6.45) is 0.217. The third kappa shape index (κ3) is 5.26. The number of thioether (sulfide) groups is 1. The van der Waals surface area contributed by atoms with E-state index in [4.69, 9.17) is 0 Å². The van der Waals surface area contributed by atoms with E-state index >= 15 is 0 Å². The molecule has 0 aliphatic carbocycles. The van der Waals surface area contributed by atoms with Crippen LogP contribution in [0.1, 0.15) is 30.6 Å². The minimum Gasteiger partial charge on any atom is -0.352 e. The predicted octanol–water partition coefficient (Wildman–Crippen LogP) is 2.57. The number of benzene rings is 1. The molecule has 1 fully saturated rings. The van der Waals surface area contributed by atoms with Crippen molar-refractivity contribution in [3.05, 3.63) is 29.8 Å². The van der Waals surface area contributed by atoms with Crippen molar-refractivity contribution in [2.24, 2.45) is 5.92 Å². The highest BCUT2D eigenvalue weighted by Crippen LogP contribution is 2.18. The Hall–Kier alpha value is -2.02. The second-order valence-corrected chi connectivity index (χ2v) is 7.10. The minimum absolute atomic E-state index is 0.0243. The molecule has 1 aliphatic rings. The number of carbonyl (C=O) groups excluding carboxylic acids is 3. The molecule has 1 aromatic rings. The average Bonchev–Trinajstić information content (AvgIpc) is 2.96. The zero-order valence-electron chi connectivity index (χ0n) is 14.0. The summed E-state index contributed by atoms with van der Waals surface area (Å²) in [5.41, 5.74) is 0.935. The smallest absolute Gasteiger partial charge is 0.281 e. The molecule has 6 nitrogen and oxygen atoms in total. The van der Waals surface area contributed by atoms with Crippen LogP contribution in [0.25, 0.3) is 0 Å². The van der Waals surface area contributed by atoms with Crippen LogP contribution in [0.15, 0.2) is 24.3 Å². The van der Waals surface area contributed by atoms with Gasteiger partial charge in [-0.15, -0.1) is 0 Å². The second-order valence-electron chi connectivity index (χ2n) is 6.05. The molecular formula is C17H23N3O3S. The van der Waals surface area contributed by atoms with Crippen molar-refractivity contribution in [1.29, 1.82) is 0 Å². The quantitative estimate of drug-likeness (QED) is 0.793. The van der Waals surface area contributed by atoms with Gasteiger partial charge < -0.3 is 15.5 Å². The number of hydrogen-bond donors (Lipinski definition) is 2. The second kappa shape index (κ2) is 8.73. The Morgan fingerprint density at radius 2 is 2.04 bits per heavy atom. The first-order valence-electron chi connectivity index (χ1n) is 8.06. The SMILES string of the molecule is CC(C)CNC(=O)c1ccccc1NC(=O)CCN1CCSC1=O. The van der Waals surface area contributed by atoms with Crippen LogP contribution in [0.2, 0.25) is 0 Å². The van der Waals surface area contributed by atoms with Gasteiger partial charge in [-0.25, -0.2) is 0 Å². The van der Waals surface area contributed by atoms with Gasteiger partial charge in [0, 0.05) is 31.8 Å². The van der Waals surface area contributed by atoms with Crippen LogP contribution in [0.4, 0.5) is 10.5 Å². The molecule has 2 rings (SSSR count). The highest BCUT2D eigenvalue weighted by atomic mass is 32.2. The predicted molar refractivity (Wildman–Crippen MR) is 96.3 cm³/mol. The van der Waals surface area contributed by atoms with Crippen molar-refractivity contribution >= 4 is 34.5 Å². The summed E-state index contributed by atoms with van der Waals surface area (Å²) in [6.45, 7) is 5.71. The lowest BCUT2D eigenvalue weighted by molar-refractivity contribution is -0.116. The number of nitrogens with one attached hydrogen (secondary N) is 2. The molecule has 24 heavy (non-hydrogen) atoms. The summed E-state index contributed by atoms with van der Waals surface area (Å²) in [5.74, 6) is 0.723. The zero-order chi connectivity index (χ0) is 17.5. The van der Waals surface area contributed by atoms with Gasteiger partial charge in [-0.2, -0.15) is 0 Å². The van der Waals surface area contributed by atoms with Crippen LogP contribution in [-0.2, 0) is 4.79 Å². The number of para-hydroxylation sites is 1. The molecule has 0 saturated carbocycles. The molecule has 0 aromatic heterocycles. The number of amides is 3. The minimum atomic E-state index is -0.205. The standard InChI is InChI=1S/C17H23N3O3S/c1-12(2)11-18-16(22)13-5-3-4-6-14(13)19-15(21)7-8-20-9-10-24-17(20)23/h3-6,12H,7-11H2,1-2H3,(H,18,22)(H,19,21). The monoisotopic (exact) mass is 349 g/mol. The Morgan fingerprint density at radius 3 is 2.71 bits per heavy atom. The van der Waals surface area contributed by atoms with Gasteiger partial charge in [0.15, 0.2) is 0 Å². The molecule has 0 radical (unpaired) electrons. The van der Waals surface area contributed by atoms with Gasteiger partial charge in [-0.3, -0.25) is 14.4 Å². The lowest BCUT2D eigenvalue weighted by Gasteiger charge is -2.15. The molecule has 1 aliphatic heterocycles. The molecule has 3 amide bonds. The fraction of sp³-hybridized carbons (Fsp3) is 0.471. The van der Waals surface area contributed by atoms with Gasteiger partial charge in [0.25, 0.3) is 11.1 Å². The van der Waals surface area contributed by atoms with Crippen molar-refractivity contribution in [3.63, 3.8) is 0 Å². The van der Waals surface area contributed by atoms with E-state index in [9.17, 15) is 14.4 Å². The fourth-order valence-corrected chi connectivity index (χ4v) is 3.11. The molecule has 1 saturated heterocycles. The Labute approximate surface area is 146 Å². The van der Waals surface area contributed by atoms with Crippen LogP contribution >= 0.6 is 11.8 Å². The Kier molecular flexibility index (Phi) is 6.66. The summed E-state index contributed by atoms with van der Waals surface area (Å²) in [5, 5.41) is 5.65. The lowest BCUT2D eigenvalue weighted by atomic mass is 10.1. The zero-order valence-corrected chi connectivity index (χ0v) is 14.8. The Balaban J connectivity index is 1.92. The highest BCUT2D eigenvalue weighted by Gasteiger charge is 2.21. The molecule has 0 atom stereocenters. The maximum absolute atomic E-state index is 12.2. The average molecular weight is 349 g/mol. The normalized spacial score (nSPS) is 14.1. The first-order chi connectivity index (χ1) is 11.5. The van der Waals surface area contributed by atoms with E-state index in [0.29, 0.717) is 36.8 Å². The van der Waals surface area contributed by atoms with E-state index in [1.807, 2.05) is 13.8 Å². The first-order valence-corrected chi connectivity index (χ1v) is 9.04. The third-order valence-electron chi connectivity index (χ3n) is 3.57. The van der Waals surface area contributed by atoms with Crippen LogP contribution in [0.5, 0.6) is 0 Å². The van der Waals surface area contributed by atoms with Gasteiger partial charge >= 0.3 is 0 Å². The maximum atomic E-state index is 12.2. The van der Waals surface area contributed by atoms with Crippen molar-refractivity contribution in [1.82, 2.24) is 10.2 Å². The van der Waals surface area contributed by atoms with Crippen LogP contribution in [0, 0.1) is 5.92 Å².